The van der Waals surface area contributed by atoms with Crippen molar-refractivity contribution in [3.8, 4) is 0 Å². The van der Waals surface area contributed by atoms with Gasteiger partial charge in [0.25, 0.3) is 0 Å². The molecule has 4 aliphatic heterocycles. The second kappa shape index (κ2) is 9.58. The maximum atomic E-state index is 6.10. The highest BCUT2D eigenvalue weighted by atomic mass is 16.5. The van der Waals surface area contributed by atoms with E-state index in [1.54, 1.807) is 11.1 Å². The SMILES string of the molecule is CC(C)(C)C1CC2CCNC(CC(C)(N3CC4CC4C3)C(C)(C3C=C4OCC4C3)C(C)(C)N3CC4=C(CCC4)C3)C2C1. The summed E-state index contributed by atoms with van der Waals surface area (Å²) in [5.74, 6) is 7.10. The van der Waals surface area contributed by atoms with Crippen LogP contribution in [0.1, 0.15) is 106 Å². The van der Waals surface area contributed by atoms with Crippen molar-refractivity contribution in [2.24, 2.45) is 52.3 Å². The van der Waals surface area contributed by atoms with Gasteiger partial charge in [0.2, 0.25) is 0 Å². The Kier molecular flexibility index (Phi) is 6.53. The van der Waals surface area contributed by atoms with Crippen molar-refractivity contribution >= 4 is 0 Å². The van der Waals surface area contributed by atoms with Crippen LogP contribution in [0.4, 0.5) is 0 Å². The fraction of sp³-hybridized carbons (Fsp3) is 0.895. The van der Waals surface area contributed by atoms with Crippen molar-refractivity contribution in [1.82, 2.24) is 15.1 Å². The van der Waals surface area contributed by atoms with E-state index in [2.05, 4.69) is 69.7 Å². The molecule has 0 radical (unpaired) electrons. The number of allylic oxidation sites excluding steroid dienone is 1. The van der Waals surface area contributed by atoms with Gasteiger partial charge in [0, 0.05) is 48.7 Å². The lowest BCUT2D eigenvalue weighted by atomic mass is 9.51. The molecular weight excluding hydrogens is 514 g/mol. The molecule has 4 nitrogen and oxygen atoms in total. The molecule has 1 N–H and O–H groups in total. The first-order chi connectivity index (χ1) is 19.9. The van der Waals surface area contributed by atoms with Crippen LogP contribution in [0.5, 0.6) is 0 Å². The molecule has 3 saturated heterocycles. The third kappa shape index (κ3) is 4.15. The highest BCUT2D eigenvalue weighted by Crippen LogP contribution is 2.63. The Hall–Kier alpha value is -0.840. The van der Waals surface area contributed by atoms with E-state index in [-0.39, 0.29) is 16.5 Å². The molecule has 0 bridgehead atoms. The van der Waals surface area contributed by atoms with Crippen LogP contribution in [0, 0.1) is 52.3 Å². The summed E-state index contributed by atoms with van der Waals surface area (Å²) < 4.78 is 6.10. The molecule has 8 aliphatic rings. The molecule has 4 aliphatic carbocycles. The lowest BCUT2D eigenvalue weighted by Gasteiger charge is -2.65. The van der Waals surface area contributed by atoms with E-state index in [1.165, 1.54) is 96.3 Å². The van der Waals surface area contributed by atoms with Gasteiger partial charge in [-0.05, 0) is 132 Å². The Morgan fingerprint density at radius 1 is 0.857 bits per heavy atom. The summed E-state index contributed by atoms with van der Waals surface area (Å²) in [6, 6.07) is 0.636. The maximum absolute atomic E-state index is 6.10. The molecule has 5 fully saturated rings. The van der Waals surface area contributed by atoms with Gasteiger partial charge in [-0.25, -0.2) is 0 Å². The van der Waals surface area contributed by atoms with Crippen molar-refractivity contribution in [3.63, 3.8) is 0 Å². The van der Waals surface area contributed by atoms with E-state index in [0.29, 0.717) is 23.3 Å². The van der Waals surface area contributed by atoms with E-state index in [1.807, 2.05) is 0 Å². The minimum absolute atomic E-state index is 0.0854. The Morgan fingerprint density at radius 2 is 1.57 bits per heavy atom. The molecule has 0 aromatic carbocycles. The van der Waals surface area contributed by atoms with Gasteiger partial charge in [0.05, 0.1) is 18.3 Å². The molecule has 8 rings (SSSR count). The molecule has 234 valence electrons. The first-order valence-electron chi connectivity index (χ1n) is 18.2. The zero-order valence-electron chi connectivity index (χ0n) is 28.1. The number of piperidine rings is 2. The van der Waals surface area contributed by atoms with Gasteiger partial charge in [-0.15, -0.1) is 0 Å². The summed E-state index contributed by atoms with van der Waals surface area (Å²) in [6.45, 7) is 25.7. The van der Waals surface area contributed by atoms with Crippen molar-refractivity contribution in [1.29, 1.82) is 0 Å². The summed E-state index contributed by atoms with van der Waals surface area (Å²) in [7, 11) is 0. The molecule has 0 amide bonds. The van der Waals surface area contributed by atoms with E-state index in [9.17, 15) is 0 Å². The number of ether oxygens (including phenoxy) is 1. The molecular formula is C38H61N3O. The molecule has 4 heterocycles. The maximum Gasteiger partial charge on any atom is 0.0988 e. The molecule has 42 heavy (non-hydrogen) atoms. The predicted octanol–water partition coefficient (Wildman–Crippen LogP) is 7.27. The monoisotopic (exact) mass is 575 g/mol. The Balaban J connectivity index is 1.18. The van der Waals surface area contributed by atoms with E-state index in [0.717, 1.165) is 36.2 Å². The average Bonchev–Trinajstić information content (AvgIpc) is 3.49. The fourth-order valence-electron chi connectivity index (χ4n) is 12.1. The second-order valence-electron chi connectivity index (χ2n) is 18.5. The number of fused-ring (bicyclic) bond motifs is 3. The van der Waals surface area contributed by atoms with Gasteiger partial charge < -0.3 is 10.1 Å². The van der Waals surface area contributed by atoms with Gasteiger partial charge in [-0.1, -0.05) is 38.8 Å². The van der Waals surface area contributed by atoms with Gasteiger partial charge >= 0.3 is 0 Å². The van der Waals surface area contributed by atoms with Gasteiger partial charge in [-0.3, -0.25) is 9.80 Å². The summed E-state index contributed by atoms with van der Waals surface area (Å²) in [4.78, 5) is 6.03. The van der Waals surface area contributed by atoms with Crippen molar-refractivity contribution < 1.29 is 4.74 Å². The van der Waals surface area contributed by atoms with Crippen LogP contribution in [0.25, 0.3) is 0 Å². The van der Waals surface area contributed by atoms with Crippen LogP contribution in [0.3, 0.4) is 0 Å². The van der Waals surface area contributed by atoms with Gasteiger partial charge in [0.1, 0.15) is 0 Å². The number of hydrogen-bond donors (Lipinski definition) is 1. The minimum Gasteiger partial charge on any atom is -0.497 e. The first-order valence-corrected chi connectivity index (χ1v) is 18.2. The summed E-state index contributed by atoms with van der Waals surface area (Å²) >= 11 is 0. The zero-order valence-corrected chi connectivity index (χ0v) is 28.1. The van der Waals surface area contributed by atoms with Crippen LogP contribution < -0.4 is 5.32 Å². The largest absolute Gasteiger partial charge is 0.497 e. The van der Waals surface area contributed by atoms with Gasteiger partial charge in [0.15, 0.2) is 0 Å². The topological polar surface area (TPSA) is 27.7 Å². The Labute approximate surface area is 257 Å². The first kappa shape index (κ1) is 28.6. The third-order valence-corrected chi connectivity index (χ3v) is 15.6. The van der Waals surface area contributed by atoms with E-state index >= 15 is 0 Å². The molecule has 0 aromatic rings. The number of hydrogen-bond acceptors (Lipinski definition) is 4. The highest BCUT2D eigenvalue weighted by molar-refractivity contribution is 5.32. The van der Waals surface area contributed by atoms with Crippen molar-refractivity contribution in [3.05, 3.63) is 23.0 Å². The van der Waals surface area contributed by atoms with Crippen LogP contribution >= 0.6 is 0 Å². The smallest absolute Gasteiger partial charge is 0.0988 e. The fourth-order valence-corrected chi connectivity index (χ4v) is 12.1. The second-order valence-corrected chi connectivity index (χ2v) is 18.5. The zero-order chi connectivity index (χ0) is 29.2. The molecule has 10 atom stereocenters. The number of nitrogens with one attached hydrogen (secondary N) is 1. The van der Waals surface area contributed by atoms with Crippen LogP contribution in [0.2, 0.25) is 0 Å². The molecule has 4 heteroatoms. The van der Waals surface area contributed by atoms with Crippen molar-refractivity contribution in [2.45, 2.75) is 123 Å². The van der Waals surface area contributed by atoms with Gasteiger partial charge in [-0.2, -0.15) is 0 Å². The lowest BCUT2D eigenvalue weighted by Crippen LogP contribution is -2.72. The Morgan fingerprint density at radius 3 is 2.17 bits per heavy atom. The average molecular weight is 576 g/mol. The number of likely N-dealkylation sites (tertiary alicyclic amines) is 2. The number of rotatable bonds is 7. The molecule has 0 aromatic heterocycles. The molecule has 2 saturated carbocycles. The molecule has 0 spiro atoms. The van der Waals surface area contributed by atoms with Crippen molar-refractivity contribution in [2.75, 3.05) is 39.3 Å². The van der Waals surface area contributed by atoms with E-state index < -0.39 is 0 Å². The van der Waals surface area contributed by atoms with Crippen LogP contribution in [-0.4, -0.2) is 66.3 Å². The summed E-state index contributed by atoms with van der Waals surface area (Å²) in [5, 5.41) is 4.22. The standard InChI is InChI=1S/C38H61N3O/c1-35(2,3)30-14-24-11-12-39-33(32(24)16-30)18-37(6,41-21-27-13-28(27)22-41)38(7,31-15-29-23-42-34(29)17-31)36(4,5)40-19-25-9-8-10-26(25)20-40/h17,24,27-33,39H,8-16,18-23H2,1-7H3. The minimum atomic E-state index is 0.0854. The molecule has 10 unspecified atom stereocenters. The summed E-state index contributed by atoms with van der Waals surface area (Å²) in [5.41, 5.74) is 4.33. The highest BCUT2D eigenvalue weighted by Gasteiger charge is 2.66. The third-order valence-electron chi connectivity index (χ3n) is 15.6. The van der Waals surface area contributed by atoms with Crippen LogP contribution in [-0.2, 0) is 4.74 Å². The lowest BCUT2D eigenvalue weighted by molar-refractivity contribution is -0.135. The Bertz CT molecular complexity index is 1140. The summed E-state index contributed by atoms with van der Waals surface area (Å²) in [6.07, 6.45) is 15.1. The normalized spacial score (nSPS) is 42.7. The predicted molar refractivity (Wildman–Crippen MR) is 172 cm³/mol. The quantitative estimate of drug-likeness (QED) is 0.323. The van der Waals surface area contributed by atoms with E-state index in [4.69, 9.17) is 4.74 Å². The van der Waals surface area contributed by atoms with Crippen LogP contribution in [0.15, 0.2) is 23.0 Å². The number of nitrogens with zero attached hydrogens (tertiary/aromatic N) is 2.